The van der Waals surface area contributed by atoms with Crippen LogP contribution in [0.2, 0.25) is 0 Å². The number of rotatable bonds is 5. The third-order valence-electron chi connectivity index (χ3n) is 4.31. The third-order valence-corrected chi connectivity index (χ3v) is 4.31. The second-order valence-corrected chi connectivity index (χ2v) is 6.01. The minimum absolute atomic E-state index is 0.112. The van der Waals surface area contributed by atoms with Gasteiger partial charge >= 0.3 is 0 Å². The smallest absolute Gasteiger partial charge is 0.272 e. The van der Waals surface area contributed by atoms with Gasteiger partial charge in [0.1, 0.15) is 5.82 Å². The van der Waals surface area contributed by atoms with Gasteiger partial charge in [0, 0.05) is 32.2 Å². The molecule has 1 aromatic carbocycles. The van der Waals surface area contributed by atoms with E-state index in [2.05, 4.69) is 27.4 Å². The largest absolute Gasteiger partial charge is 0.378 e. The Balaban J connectivity index is 1.64. The molecule has 0 saturated carbocycles. The molecule has 1 N–H and O–H groups in total. The van der Waals surface area contributed by atoms with E-state index in [1.807, 2.05) is 32.2 Å². The quantitative estimate of drug-likeness (QED) is 0.904. The molecule has 0 spiro atoms. The molecule has 0 bridgehead atoms. The van der Waals surface area contributed by atoms with Crippen molar-refractivity contribution in [3.63, 3.8) is 0 Å². The Labute approximate surface area is 142 Å². The van der Waals surface area contributed by atoms with Gasteiger partial charge in [0.25, 0.3) is 5.91 Å². The number of nitrogens with one attached hydrogen (secondary N) is 1. The molecule has 1 saturated heterocycles. The standard InChI is InChI=1S/C18H24N4O2/c1-14-16(17(23)19-9-8-15-6-4-3-5-7-15)20-21(2)18(14)22-10-12-24-13-11-22/h3-7H,8-13H2,1-2H3,(H,19,23). The highest BCUT2D eigenvalue weighted by molar-refractivity contribution is 5.95. The molecular formula is C18H24N4O2. The topological polar surface area (TPSA) is 59.4 Å². The summed E-state index contributed by atoms with van der Waals surface area (Å²) in [6.07, 6.45) is 0.814. The number of morpholine rings is 1. The lowest BCUT2D eigenvalue weighted by atomic mass is 10.1. The van der Waals surface area contributed by atoms with Gasteiger partial charge in [0.15, 0.2) is 5.69 Å². The van der Waals surface area contributed by atoms with E-state index < -0.39 is 0 Å². The Morgan fingerprint density at radius 3 is 2.67 bits per heavy atom. The highest BCUT2D eigenvalue weighted by Gasteiger charge is 2.23. The van der Waals surface area contributed by atoms with Crippen molar-refractivity contribution in [3.05, 3.63) is 47.2 Å². The summed E-state index contributed by atoms with van der Waals surface area (Å²) in [4.78, 5) is 14.7. The maximum atomic E-state index is 12.5. The van der Waals surface area contributed by atoms with E-state index in [1.54, 1.807) is 4.68 Å². The number of benzene rings is 1. The molecule has 0 aliphatic carbocycles. The highest BCUT2D eigenvalue weighted by Crippen LogP contribution is 2.23. The summed E-state index contributed by atoms with van der Waals surface area (Å²) in [5, 5.41) is 7.41. The number of hydrogen-bond acceptors (Lipinski definition) is 4. The molecule has 1 aromatic heterocycles. The number of ether oxygens (including phenoxy) is 1. The van der Waals surface area contributed by atoms with Crippen molar-refractivity contribution in [1.29, 1.82) is 0 Å². The van der Waals surface area contributed by atoms with Crippen molar-refractivity contribution in [3.8, 4) is 0 Å². The van der Waals surface area contributed by atoms with E-state index in [9.17, 15) is 4.79 Å². The van der Waals surface area contributed by atoms with Crippen molar-refractivity contribution < 1.29 is 9.53 Å². The first-order valence-corrected chi connectivity index (χ1v) is 8.35. The highest BCUT2D eigenvalue weighted by atomic mass is 16.5. The van der Waals surface area contributed by atoms with Gasteiger partial charge in [-0.15, -0.1) is 0 Å². The number of aromatic nitrogens is 2. The molecule has 1 aliphatic rings. The van der Waals surface area contributed by atoms with Crippen LogP contribution in [0.15, 0.2) is 30.3 Å². The Bertz CT molecular complexity index is 691. The van der Waals surface area contributed by atoms with Crippen LogP contribution >= 0.6 is 0 Å². The van der Waals surface area contributed by atoms with Crippen molar-refractivity contribution in [2.24, 2.45) is 7.05 Å². The van der Waals surface area contributed by atoms with Gasteiger partial charge in [-0.05, 0) is 18.9 Å². The second kappa shape index (κ2) is 7.49. The number of amides is 1. The number of hydrogen-bond donors (Lipinski definition) is 1. The normalized spacial score (nSPS) is 14.7. The first kappa shape index (κ1) is 16.5. The molecule has 0 atom stereocenters. The van der Waals surface area contributed by atoms with Crippen molar-refractivity contribution in [2.45, 2.75) is 13.3 Å². The molecule has 1 amide bonds. The zero-order valence-electron chi connectivity index (χ0n) is 14.3. The van der Waals surface area contributed by atoms with Crippen molar-refractivity contribution in [1.82, 2.24) is 15.1 Å². The lowest BCUT2D eigenvalue weighted by Crippen LogP contribution is -2.37. The molecule has 0 radical (unpaired) electrons. The molecule has 2 heterocycles. The zero-order valence-corrected chi connectivity index (χ0v) is 14.3. The number of nitrogens with zero attached hydrogens (tertiary/aromatic N) is 3. The fraction of sp³-hybridized carbons (Fsp3) is 0.444. The second-order valence-electron chi connectivity index (χ2n) is 6.01. The summed E-state index contributed by atoms with van der Waals surface area (Å²) in [5.41, 5.74) is 2.65. The van der Waals surface area contributed by atoms with Crippen LogP contribution in [0.4, 0.5) is 5.82 Å². The third kappa shape index (κ3) is 3.59. The average Bonchev–Trinajstić information content (AvgIpc) is 2.91. The zero-order chi connectivity index (χ0) is 16.9. The molecule has 3 rings (SSSR count). The summed E-state index contributed by atoms with van der Waals surface area (Å²) in [6.45, 7) is 5.65. The van der Waals surface area contributed by atoms with E-state index in [0.29, 0.717) is 25.5 Å². The van der Waals surface area contributed by atoms with E-state index in [0.717, 1.165) is 30.9 Å². The van der Waals surface area contributed by atoms with E-state index in [-0.39, 0.29) is 5.91 Å². The van der Waals surface area contributed by atoms with Crippen LogP contribution in [0.5, 0.6) is 0 Å². The number of aryl methyl sites for hydroxylation is 1. The first-order chi connectivity index (χ1) is 11.7. The lowest BCUT2D eigenvalue weighted by molar-refractivity contribution is 0.0948. The minimum Gasteiger partial charge on any atom is -0.378 e. The van der Waals surface area contributed by atoms with Crippen LogP contribution in [0.3, 0.4) is 0 Å². The van der Waals surface area contributed by atoms with E-state index >= 15 is 0 Å². The fourth-order valence-corrected chi connectivity index (χ4v) is 3.10. The average molecular weight is 328 g/mol. The Kier molecular flexibility index (Phi) is 5.15. The van der Waals surface area contributed by atoms with Crippen LogP contribution in [0.25, 0.3) is 0 Å². The lowest BCUT2D eigenvalue weighted by Gasteiger charge is -2.29. The summed E-state index contributed by atoms with van der Waals surface area (Å²) < 4.78 is 7.20. The Morgan fingerprint density at radius 2 is 1.96 bits per heavy atom. The number of carbonyl (C=O) groups is 1. The monoisotopic (exact) mass is 328 g/mol. The first-order valence-electron chi connectivity index (χ1n) is 8.35. The molecule has 1 aliphatic heterocycles. The van der Waals surface area contributed by atoms with E-state index in [4.69, 9.17) is 4.74 Å². The van der Waals surface area contributed by atoms with Gasteiger partial charge < -0.3 is 15.0 Å². The van der Waals surface area contributed by atoms with Crippen LogP contribution in [0, 0.1) is 6.92 Å². The molecule has 6 heteroatoms. The van der Waals surface area contributed by atoms with Crippen LogP contribution in [-0.4, -0.2) is 48.5 Å². The Morgan fingerprint density at radius 1 is 1.25 bits per heavy atom. The summed E-state index contributed by atoms with van der Waals surface area (Å²) >= 11 is 0. The maximum Gasteiger partial charge on any atom is 0.272 e. The molecule has 2 aromatic rings. The fourth-order valence-electron chi connectivity index (χ4n) is 3.10. The Hall–Kier alpha value is -2.34. The predicted octanol–water partition coefficient (Wildman–Crippen LogP) is 1.54. The predicted molar refractivity (Wildman–Crippen MR) is 93.5 cm³/mol. The van der Waals surface area contributed by atoms with Gasteiger partial charge in [0.05, 0.1) is 13.2 Å². The molecule has 0 unspecified atom stereocenters. The minimum atomic E-state index is -0.112. The van der Waals surface area contributed by atoms with Gasteiger partial charge in [-0.2, -0.15) is 5.10 Å². The molecular weight excluding hydrogens is 304 g/mol. The number of carbonyl (C=O) groups excluding carboxylic acids is 1. The van der Waals surface area contributed by atoms with Gasteiger partial charge in [-0.25, -0.2) is 0 Å². The van der Waals surface area contributed by atoms with Gasteiger partial charge in [-0.1, -0.05) is 30.3 Å². The van der Waals surface area contributed by atoms with Crippen molar-refractivity contribution >= 4 is 11.7 Å². The molecule has 6 nitrogen and oxygen atoms in total. The summed E-state index contributed by atoms with van der Waals surface area (Å²) in [6, 6.07) is 10.1. The van der Waals surface area contributed by atoms with E-state index in [1.165, 1.54) is 5.56 Å². The van der Waals surface area contributed by atoms with Gasteiger partial charge in [-0.3, -0.25) is 9.48 Å². The van der Waals surface area contributed by atoms with Gasteiger partial charge in [0.2, 0.25) is 0 Å². The van der Waals surface area contributed by atoms with Crippen molar-refractivity contribution in [2.75, 3.05) is 37.7 Å². The molecule has 1 fully saturated rings. The maximum absolute atomic E-state index is 12.5. The van der Waals surface area contributed by atoms with Crippen LogP contribution in [0.1, 0.15) is 21.6 Å². The van der Waals surface area contributed by atoms with Crippen LogP contribution in [-0.2, 0) is 18.2 Å². The van der Waals surface area contributed by atoms with Crippen LogP contribution < -0.4 is 10.2 Å². The summed E-state index contributed by atoms with van der Waals surface area (Å²) in [7, 11) is 1.89. The molecule has 128 valence electrons. The molecule has 24 heavy (non-hydrogen) atoms. The SMILES string of the molecule is Cc1c(C(=O)NCCc2ccccc2)nn(C)c1N1CCOCC1. The summed E-state index contributed by atoms with van der Waals surface area (Å²) in [5.74, 6) is 0.894. The number of anilines is 1.